The van der Waals surface area contributed by atoms with Crippen LogP contribution in [0.4, 0.5) is 0 Å². The standard InChI is InChI=1S/C11H13BrN2O/c1-3-15-7(2)9-6-10(12)14-11(13-9)8-4-5-8/h6,8H,2-5H2,1H3. The molecule has 0 saturated heterocycles. The minimum atomic E-state index is 0.538. The Morgan fingerprint density at radius 3 is 2.93 bits per heavy atom. The van der Waals surface area contributed by atoms with E-state index in [2.05, 4.69) is 32.5 Å². The van der Waals surface area contributed by atoms with Gasteiger partial charge in [-0.2, -0.15) is 0 Å². The van der Waals surface area contributed by atoms with E-state index < -0.39 is 0 Å². The summed E-state index contributed by atoms with van der Waals surface area (Å²) >= 11 is 3.38. The van der Waals surface area contributed by atoms with Gasteiger partial charge in [0.05, 0.1) is 6.61 Å². The van der Waals surface area contributed by atoms with Gasteiger partial charge in [-0.15, -0.1) is 0 Å². The molecular formula is C11H13BrN2O. The van der Waals surface area contributed by atoms with Gasteiger partial charge in [-0.1, -0.05) is 6.58 Å². The summed E-state index contributed by atoms with van der Waals surface area (Å²) in [6.07, 6.45) is 2.38. The van der Waals surface area contributed by atoms with E-state index in [1.54, 1.807) is 0 Å². The number of halogens is 1. The van der Waals surface area contributed by atoms with Crippen molar-refractivity contribution in [1.29, 1.82) is 0 Å². The monoisotopic (exact) mass is 268 g/mol. The van der Waals surface area contributed by atoms with Crippen molar-refractivity contribution in [3.63, 3.8) is 0 Å². The topological polar surface area (TPSA) is 35.0 Å². The number of ether oxygens (including phenoxy) is 1. The van der Waals surface area contributed by atoms with Gasteiger partial charge in [-0.3, -0.25) is 0 Å². The van der Waals surface area contributed by atoms with Crippen LogP contribution in [0.3, 0.4) is 0 Å². The van der Waals surface area contributed by atoms with Crippen LogP contribution in [-0.4, -0.2) is 16.6 Å². The molecule has 2 rings (SSSR count). The summed E-state index contributed by atoms with van der Waals surface area (Å²) in [6.45, 7) is 6.39. The quantitative estimate of drug-likeness (QED) is 0.622. The Morgan fingerprint density at radius 1 is 1.60 bits per heavy atom. The van der Waals surface area contributed by atoms with Crippen molar-refractivity contribution in [2.24, 2.45) is 0 Å². The van der Waals surface area contributed by atoms with Gasteiger partial charge in [0.1, 0.15) is 21.9 Å². The highest BCUT2D eigenvalue weighted by Gasteiger charge is 2.27. The molecule has 1 aliphatic rings. The fourth-order valence-electron chi connectivity index (χ4n) is 1.35. The van der Waals surface area contributed by atoms with Crippen molar-refractivity contribution in [1.82, 2.24) is 9.97 Å². The average molecular weight is 269 g/mol. The molecule has 0 atom stereocenters. The van der Waals surface area contributed by atoms with Gasteiger partial charge >= 0.3 is 0 Å². The van der Waals surface area contributed by atoms with Crippen molar-refractivity contribution in [3.05, 3.63) is 28.8 Å². The molecule has 0 aliphatic heterocycles. The first kappa shape index (κ1) is 10.6. The molecule has 0 N–H and O–H groups in total. The van der Waals surface area contributed by atoms with Crippen molar-refractivity contribution in [2.75, 3.05) is 6.61 Å². The van der Waals surface area contributed by atoms with Gasteiger partial charge in [0, 0.05) is 12.0 Å². The third-order valence-electron chi connectivity index (χ3n) is 2.26. The molecule has 1 aromatic rings. The Balaban J connectivity index is 2.26. The number of hydrogen-bond donors (Lipinski definition) is 0. The van der Waals surface area contributed by atoms with Gasteiger partial charge in [-0.25, -0.2) is 9.97 Å². The lowest BCUT2D eigenvalue weighted by atomic mass is 10.3. The highest BCUT2D eigenvalue weighted by molar-refractivity contribution is 9.10. The van der Waals surface area contributed by atoms with Crippen LogP contribution in [0, 0.1) is 0 Å². The predicted octanol–water partition coefficient (Wildman–Crippen LogP) is 3.12. The van der Waals surface area contributed by atoms with Crippen LogP contribution in [-0.2, 0) is 4.74 Å². The lowest BCUT2D eigenvalue weighted by Crippen LogP contribution is -2.00. The highest BCUT2D eigenvalue weighted by Crippen LogP contribution is 2.38. The molecule has 4 heteroatoms. The Hall–Kier alpha value is -0.900. The summed E-state index contributed by atoms with van der Waals surface area (Å²) in [6, 6.07) is 1.84. The third kappa shape index (κ3) is 2.56. The summed E-state index contributed by atoms with van der Waals surface area (Å²) < 4.78 is 6.13. The van der Waals surface area contributed by atoms with Crippen LogP contribution in [0.2, 0.25) is 0 Å². The number of hydrogen-bond acceptors (Lipinski definition) is 3. The maximum absolute atomic E-state index is 5.33. The van der Waals surface area contributed by atoms with E-state index in [9.17, 15) is 0 Å². The van der Waals surface area contributed by atoms with Crippen LogP contribution in [0.5, 0.6) is 0 Å². The van der Waals surface area contributed by atoms with Crippen LogP contribution >= 0.6 is 15.9 Å². The van der Waals surface area contributed by atoms with Crippen molar-refractivity contribution < 1.29 is 4.74 Å². The zero-order valence-electron chi connectivity index (χ0n) is 8.66. The number of aromatic nitrogens is 2. The smallest absolute Gasteiger partial charge is 0.137 e. The summed E-state index contributed by atoms with van der Waals surface area (Å²) in [4.78, 5) is 8.80. The van der Waals surface area contributed by atoms with E-state index in [1.165, 1.54) is 12.8 Å². The Kier molecular flexibility index (Phi) is 3.05. The molecule has 1 aliphatic carbocycles. The van der Waals surface area contributed by atoms with E-state index >= 15 is 0 Å². The molecule has 1 aromatic heterocycles. The first-order valence-electron chi connectivity index (χ1n) is 5.07. The maximum Gasteiger partial charge on any atom is 0.137 e. The van der Waals surface area contributed by atoms with Crippen LogP contribution < -0.4 is 0 Å². The number of nitrogens with zero attached hydrogens (tertiary/aromatic N) is 2. The van der Waals surface area contributed by atoms with Crippen molar-refractivity contribution in [2.45, 2.75) is 25.7 Å². The van der Waals surface area contributed by atoms with E-state index in [-0.39, 0.29) is 0 Å². The van der Waals surface area contributed by atoms with Gasteiger partial charge in [0.2, 0.25) is 0 Å². The first-order chi connectivity index (χ1) is 7.20. The normalized spacial score (nSPS) is 15.1. The minimum absolute atomic E-state index is 0.538. The van der Waals surface area contributed by atoms with Gasteiger partial charge in [0.25, 0.3) is 0 Å². The Bertz CT molecular complexity index is 388. The second-order valence-corrected chi connectivity index (χ2v) is 4.38. The highest BCUT2D eigenvalue weighted by atomic mass is 79.9. The first-order valence-corrected chi connectivity index (χ1v) is 5.86. The molecule has 0 unspecified atom stereocenters. The summed E-state index contributed by atoms with van der Waals surface area (Å²) in [7, 11) is 0. The molecule has 0 spiro atoms. The van der Waals surface area contributed by atoms with Crippen LogP contribution in [0.1, 0.15) is 37.2 Å². The van der Waals surface area contributed by atoms with Crippen LogP contribution in [0.15, 0.2) is 17.2 Å². The molecule has 0 bridgehead atoms. The second-order valence-electron chi connectivity index (χ2n) is 3.56. The molecule has 80 valence electrons. The molecule has 0 amide bonds. The molecule has 0 radical (unpaired) electrons. The third-order valence-corrected chi connectivity index (χ3v) is 2.67. The fourth-order valence-corrected chi connectivity index (χ4v) is 1.75. The second kappa shape index (κ2) is 4.31. The lowest BCUT2D eigenvalue weighted by molar-refractivity contribution is 0.297. The largest absolute Gasteiger partial charge is 0.492 e. The molecule has 3 nitrogen and oxygen atoms in total. The zero-order chi connectivity index (χ0) is 10.8. The predicted molar refractivity (Wildman–Crippen MR) is 62.4 cm³/mol. The van der Waals surface area contributed by atoms with Crippen molar-refractivity contribution >= 4 is 21.7 Å². The van der Waals surface area contributed by atoms with Crippen molar-refractivity contribution in [3.8, 4) is 0 Å². The van der Waals surface area contributed by atoms with E-state index in [4.69, 9.17) is 4.74 Å². The Labute approximate surface area is 97.7 Å². The van der Waals surface area contributed by atoms with Crippen LogP contribution in [0.25, 0.3) is 5.76 Å². The Morgan fingerprint density at radius 2 is 2.33 bits per heavy atom. The molecule has 1 heterocycles. The van der Waals surface area contributed by atoms with Gasteiger partial charge in [-0.05, 0) is 35.7 Å². The number of rotatable bonds is 4. The SMILES string of the molecule is C=C(OCC)c1cc(Br)nc(C2CC2)n1. The lowest BCUT2D eigenvalue weighted by Gasteiger charge is -2.07. The van der Waals surface area contributed by atoms with Gasteiger partial charge in [0.15, 0.2) is 0 Å². The van der Waals surface area contributed by atoms with E-state index in [0.717, 1.165) is 16.1 Å². The summed E-state index contributed by atoms with van der Waals surface area (Å²) in [5.74, 6) is 2.05. The molecule has 1 saturated carbocycles. The maximum atomic E-state index is 5.33. The van der Waals surface area contributed by atoms with Gasteiger partial charge < -0.3 is 4.74 Å². The summed E-state index contributed by atoms with van der Waals surface area (Å²) in [5.41, 5.74) is 0.778. The molecule has 15 heavy (non-hydrogen) atoms. The molecular weight excluding hydrogens is 256 g/mol. The van der Waals surface area contributed by atoms with E-state index in [1.807, 2.05) is 13.0 Å². The average Bonchev–Trinajstić information content (AvgIpc) is 3.00. The van der Waals surface area contributed by atoms with E-state index in [0.29, 0.717) is 18.3 Å². The zero-order valence-corrected chi connectivity index (χ0v) is 10.2. The molecule has 0 aromatic carbocycles. The summed E-state index contributed by atoms with van der Waals surface area (Å²) in [5, 5.41) is 0. The fraction of sp³-hybridized carbons (Fsp3) is 0.455. The minimum Gasteiger partial charge on any atom is -0.492 e. The molecule has 1 fully saturated rings.